The minimum absolute atomic E-state index is 0.0337. The molecule has 0 aliphatic heterocycles. The number of alkyl halides is 3. The number of pyridine rings is 1. The summed E-state index contributed by atoms with van der Waals surface area (Å²) in [5, 5.41) is 2.68. The van der Waals surface area contributed by atoms with E-state index in [2.05, 4.69) is 26.2 Å². The molecule has 1 amide bonds. The zero-order valence-electron chi connectivity index (χ0n) is 10.4. The normalized spacial score (nSPS) is 11.3. The number of aromatic nitrogens is 1. The van der Waals surface area contributed by atoms with Crippen molar-refractivity contribution in [2.45, 2.75) is 13.1 Å². The average Bonchev–Trinajstić information content (AvgIpc) is 2.34. The lowest BCUT2D eigenvalue weighted by molar-refractivity contribution is -0.140. The standard InChI is InChI=1S/C11H13BrF3N3O/c1-3-18(6-11(13,14)15)10(19)8-4-7(12)5-17-9(8)16-2/h4-5H,3,6H2,1-2H3,(H,16,17). The van der Waals surface area contributed by atoms with Gasteiger partial charge in [0.15, 0.2) is 0 Å². The highest BCUT2D eigenvalue weighted by Crippen LogP contribution is 2.22. The van der Waals surface area contributed by atoms with Crippen LogP contribution in [0.15, 0.2) is 16.7 Å². The lowest BCUT2D eigenvalue weighted by Crippen LogP contribution is -2.39. The lowest BCUT2D eigenvalue weighted by atomic mass is 10.2. The predicted molar refractivity (Wildman–Crippen MR) is 69.1 cm³/mol. The van der Waals surface area contributed by atoms with Gasteiger partial charge in [-0.1, -0.05) is 0 Å². The summed E-state index contributed by atoms with van der Waals surface area (Å²) in [7, 11) is 1.55. The molecule has 0 fully saturated rings. The molecular formula is C11H13BrF3N3O. The molecule has 0 unspecified atom stereocenters. The fraction of sp³-hybridized carbons (Fsp3) is 0.455. The maximum Gasteiger partial charge on any atom is 0.406 e. The number of nitrogens with one attached hydrogen (secondary N) is 1. The molecule has 0 radical (unpaired) electrons. The topological polar surface area (TPSA) is 45.2 Å². The predicted octanol–water partition coefficient (Wildman–Crippen LogP) is 2.91. The summed E-state index contributed by atoms with van der Waals surface area (Å²) in [5.41, 5.74) is 0.1000. The lowest BCUT2D eigenvalue weighted by Gasteiger charge is -2.23. The SMILES string of the molecule is CCN(CC(F)(F)F)C(=O)c1cc(Br)cnc1NC. The van der Waals surface area contributed by atoms with Crippen molar-refractivity contribution < 1.29 is 18.0 Å². The van der Waals surface area contributed by atoms with Crippen LogP contribution in [0.2, 0.25) is 0 Å². The Hall–Kier alpha value is -1.31. The van der Waals surface area contributed by atoms with E-state index >= 15 is 0 Å². The number of hydrogen-bond acceptors (Lipinski definition) is 3. The van der Waals surface area contributed by atoms with Gasteiger partial charge in [0.1, 0.15) is 12.4 Å². The van der Waals surface area contributed by atoms with Gasteiger partial charge in [-0.2, -0.15) is 13.2 Å². The first kappa shape index (κ1) is 15.7. The van der Waals surface area contributed by atoms with Crippen LogP contribution in [0.5, 0.6) is 0 Å². The third-order valence-corrected chi connectivity index (χ3v) is 2.79. The van der Waals surface area contributed by atoms with E-state index in [4.69, 9.17) is 0 Å². The Balaban J connectivity index is 3.06. The van der Waals surface area contributed by atoms with Crippen LogP contribution in [-0.4, -0.2) is 42.1 Å². The summed E-state index contributed by atoms with van der Waals surface area (Å²) in [6.45, 7) is 0.181. The number of anilines is 1. The van der Waals surface area contributed by atoms with Gasteiger partial charge in [-0.25, -0.2) is 4.98 Å². The number of hydrogen-bond donors (Lipinski definition) is 1. The molecule has 1 aromatic rings. The number of halogens is 4. The molecule has 106 valence electrons. The van der Waals surface area contributed by atoms with Gasteiger partial charge in [-0.05, 0) is 28.9 Å². The molecule has 1 heterocycles. The van der Waals surface area contributed by atoms with E-state index in [1.165, 1.54) is 19.2 Å². The minimum atomic E-state index is -4.43. The molecule has 4 nitrogen and oxygen atoms in total. The zero-order valence-corrected chi connectivity index (χ0v) is 12.0. The van der Waals surface area contributed by atoms with Crippen LogP contribution in [0.3, 0.4) is 0 Å². The monoisotopic (exact) mass is 339 g/mol. The second-order valence-electron chi connectivity index (χ2n) is 3.73. The quantitative estimate of drug-likeness (QED) is 0.917. The third kappa shape index (κ3) is 4.38. The Bertz CT molecular complexity index is 465. The van der Waals surface area contributed by atoms with Crippen LogP contribution < -0.4 is 5.32 Å². The van der Waals surface area contributed by atoms with Crippen molar-refractivity contribution in [1.29, 1.82) is 0 Å². The van der Waals surface area contributed by atoms with Gasteiger partial charge in [0, 0.05) is 24.3 Å². The summed E-state index contributed by atoms with van der Waals surface area (Å²) in [5.74, 6) is -0.466. The zero-order chi connectivity index (χ0) is 14.6. The van der Waals surface area contributed by atoms with Gasteiger partial charge < -0.3 is 10.2 Å². The summed E-state index contributed by atoms with van der Waals surface area (Å²) >= 11 is 3.14. The first-order chi connectivity index (χ1) is 8.78. The van der Waals surface area contributed by atoms with Crippen molar-refractivity contribution in [3.63, 3.8) is 0 Å². The van der Waals surface area contributed by atoms with E-state index < -0.39 is 18.6 Å². The smallest absolute Gasteiger partial charge is 0.372 e. The average molecular weight is 340 g/mol. The van der Waals surface area contributed by atoms with Gasteiger partial charge in [0.25, 0.3) is 5.91 Å². The van der Waals surface area contributed by atoms with Crippen LogP contribution in [0.25, 0.3) is 0 Å². The van der Waals surface area contributed by atoms with Crippen LogP contribution in [0.4, 0.5) is 19.0 Å². The number of rotatable bonds is 4. The van der Waals surface area contributed by atoms with Gasteiger partial charge in [-0.15, -0.1) is 0 Å². The molecule has 0 saturated heterocycles. The Morgan fingerprint density at radius 2 is 2.16 bits per heavy atom. The van der Waals surface area contributed by atoms with E-state index in [1.807, 2.05) is 0 Å². The molecule has 0 bridgehead atoms. The molecule has 1 rings (SSSR count). The molecule has 19 heavy (non-hydrogen) atoms. The Morgan fingerprint density at radius 1 is 1.53 bits per heavy atom. The van der Waals surface area contributed by atoms with E-state index in [-0.39, 0.29) is 17.9 Å². The molecule has 0 atom stereocenters. The van der Waals surface area contributed by atoms with E-state index in [9.17, 15) is 18.0 Å². The van der Waals surface area contributed by atoms with Crippen molar-refractivity contribution in [2.24, 2.45) is 0 Å². The van der Waals surface area contributed by atoms with Gasteiger partial charge >= 0.3 is 6.18 Å². The van der Waals surface area contributed by atoms with Crippen molar-refractivity contribution in [1.82, 2.24) is 9.88 Å². The van der Waals surface area contributed by atoms with E-state index in [0.717, 1.165) is 4.90 Å². The summed E-state index contributed by atoms with van der Waals surface area (Å²) in [6, 6.07) is 1.44. The van der Waals surface area contributed by atoms with Crippen LogP contribution in [0, 0.1) is 0 Å². The first-order valence-corrected chi connectivity index (χ1v) is 6.27. The van der Waals surface area contributed by atoms with Gasteiger partial charge in [0.05, 0.1) is 5.56 Å². The number of carbonyl (C=O) groups excluding carboxylic acids is 1. The number of carbonyl (C=O) groups is 1. The van der Waals surface area contributed by atoms with Crippen molar-refractivity contribution in [3.05, 3.63) is 22.3 Å². The number of amides is 1. The largest absolute Gasteiger partial charge is 0.406 e. The molecule has 0 aliphatic carbocycles. The Kier molecular flexibility index (Phi) is 5.16. The summed E-state index contributed by atoms with van der Waals surface area (Å²) < 4.78 is 37.7. The molecule has 0 aliphatic rings. The molecular weight excluding hydrogens is 327 g/mol. The Morgan fingerprint density at radius 3 is 2.63 bits per heavy atom. The molecule has 1 N–H and O–H groups in total. The first-order valence-electron chi connectivity index (χ1n) is 5.47. The molecule has 0 saturated carbocycles. The fourth-order valence-electron chi connectivity index (χ4n) is 1.52. The highest BCUT2D eigenvalue weighted by Gasteiger charge is 2.33. The second kappa shape index (κ2) is 6.23. The van der Waals surface area contributed by atoms with Crippen molar-refractivity contribution in [2.75, 3.05) is 25.5 Å². The van der Waals surface area contributed by atoms with E-state index in [1.54, 1.807) is 7.05 Å². The van der Waals surface area contributed by atoms with Crippen LogP contribution in [0.1, 0.15) is 17.3 Å². The van der Waals surface area contributed by atoms with Gasteiger partial charge in [-0.3, -0.25) is 4.79 Å². The van der Waals surface area contributed by atoms with E-state index in [0.29, 0.717) is 4.47 Å². The van der Waals surface area contributed by atoms with Gasteiger partial charge in [0.2, 0.25) is 0 Å². The number of nitrogens with zero attached hydrogens (tertiary/aromatic N) is 2. The second-order valence-corrected chi connectivity index (χ2v) is 4.65. The van der Waals surface area contributed by atoms with Crippen molar-refractivity contribution >= 4 is 27.7 Å². The molecule has 1 aromatic heterocycles. The maximum atomic E-state index is 12.4. The van der Waals surface area contributed by atoms with Crippen LogP contribution >= 0.6 is 15.9 Å². The maximum absolute atomic E-state index is 12.4. The Labute approximate surface area is 117 Å². The summed E-state index contributed by atoms with van der Waals surface area (Å²) in [4.78, 5) is 16.8. The molecule has 8 heteroatoms. The third-order valence-electron chi connectivity index (χ3n) is 2.36. The molecule has 0 spiro atoms. The fourth-order valence-corrected chi connectivity index (χ4v) is 1.85. The molecule has 0 aromatic carbocycles. The van der Waals surface area contributed by atoms with Crippen LogP contribution in [-0.2, 0) is 0 Å². The van der Waals surface area contributed by atoms with Crippen molar-refractivity contribution in [3.8, 4) is 0 Å². The minimum Gasteiger partial charge on any atom is -0.372 e. The highest BCUT2D eigenvalue weighted by atomic mass is 79.9. The highest BCUT2D eigenvalue weighted by molar-refractivity contribution is 9.10. The summed E-state index contributed by atoms with van der Waals surface area (Å²) in [6.07, 6.45) is -2.96.